The lowest BCUT2D eigenvalue weighted by Crippen LogP contribution is -2.17. The number of nitrogens with zero attached hydrogens (tertiary/aromatic N) is 1. The van der Waals surface area contributed by atoms with Crippen molar-refractivity contribution in [3.8, 4) is 11.5 Å². The summed E-state index contributed by atoms with van der Waals surface area (Å²) in [5.41, 5.74) is 3.23. The number of ether oxygens (including phenoxy) is 2. The Kier molecular flexibility index (Phi) is 6.14. The van der Waals surface area contributed by atoms with Gasteiger partial charge in [-0.1, -0.05) is 29.8 Å². The Morgan fingerprint density at radius 3 is 2.33 bits per heavy atom. The van der Waals surface area contributed by atoms with Gasteiger partial charge in [-0.3, -0.25) is 10.1 Å². The number of hydrogen-bond donors (Lipinski definition) is 1. The topological polar surface area (TPSA) is 73.6 Å². The predicted molar refractivity (Wildman–Crippen MR) is 92.8 cm³/mol. The van der Waals surface area contributed by atoms with Crippen LogP contribution in [-0.2, 0) is 13.0 Å². The molecule has 0 aliphatic heterocycles. The molecule has 0 saturated heterocycles. The van der Waals surface area contributed by atoms with E-state index in [9.17, 15) is 10.1 Å². The van der Waals surface area contributed by atoms with Crippen molar-refractivity contribution in [2.24, 2.45) is 0 Å². The number of rotatable bonds is 8. The first-order valence-electron chi connectivity index (χ1n) is 7.70. The molecule has 0 amide bonds. The van der Waals surface area contributed by atoms with E-state index in [1.807, 2.05) is 0 Å². The van der Waals surface area contributed by atoms with Gasteiger partial charge in [-0.15, -0.1) is 0 Å². The van der Waals surface area contributed by atoms with Crippen molar-refractivity contribution < 1.29 is 14.4 Å². The van der Waals surface area contributed by atoms with Gasteiger partial charge < -0.3 is 14.8 Å². The summed E-state index contributed by atoms with van der Waals surface area (Å²) in [7, 11) is 2.93. The Labute approximate surface area is 141 Å². The number of nitrogens with one attached hydrogen (secondary N) is 1. The van der Waals surface area contributed by atoms with Crippen molar-refractivity contribution in [1.29, 1.82) is 0 Å². The quantitative estimate of drug-likeness (QED) is 0.457. The molecule has 0 atom stereocenters. The monoisotopic (exact) mass is 330 g/mol. The lowest BCUT2D eigenvalue weighted by atomic mass is 10.1. The molecule has 0 aliphatic rings. The summed E-state index contributed by atoms with van der Waals surface area (Å²) >= 11 is 0. The van der Waals surface area contributed by atoms with Gasteiger partial charge in [0.25, 0.3) is 0 Å². The Bertz CT molecular complexity index is 699. The zero-order chi connectivity index (χ0) is 17.5. The Morgan fingerprint density at radius 2 is 1.75 bits per heavy atom. The van der Waals surface area contributed by atoms with Crippen molar-refractivity contribution in [2.45, 2.75) is 19.9 Å². The van der Waals surface area contributed by atoms with Gasteiger partial charge in [0, 0.05) is 6.54 Å². The van der Waals surface area contributed by atoms with E-state index in [1.165, 1.54) is 31.4 Å². The van der Waals surface area contributed by atoms with Gasteiger partial charge in [-0.25, -0.2) is 0 Å². The minimum Gasteiger partial charge on any atom is -0.496 e. The summed E-state index contributed by atoms with van der Waals surface area (Å²) in [5.74, 6) is 0.744. The van der Waals surface area contributed by atoms with Crippen LogP contribution in [0.5, 0.6) is 11.5 Å². The minimum atomic E-state index is -0.471. The predicted octanol–water partition coefficient (Wildman–Crippen LogP) is 3.25. The molecule has 0 fully saturated rings. The molecule has 6 heteroatoms. The van der Waals surface area contributed by atoms with Crippen LogP contribution in [0.1, 0.15) is 16.7 Å². The highest BCUT2D eigenvalue weighted by atomic mass is 16.6. The molecule has 2 aromatic carbocycles. The van der Waals surface area contributed by atoms with E-state index in [4.69, 9.17) is 9.47 Å². The molecule has 0 aromatic heterocycles. The average molecular weight is 330 g/mol. The fraction of sp³-hybridized carbons (Fsp3) is 0.333. The lowest BCUT2D eigenvalue weighted by Gasteiger charge is -2.12. The smallest absolute Gasteiger partial charge is 0.314 e. The second kappa shape index (κ2) is 8.31. The maximum Gasteiger partial charge on any atom is 0.314 e. The highest BCUT2D eigenvalue weighted by Crippen LogP contribution is 2.34. The number of methoxy groups -OCH3 is 2. The van der Waals surface area contributed by atoms with E-state index in [0.717, 1.165) is 18.7 Å². The largest absolute Gasteiger partial charge is 0.496 e. The van der Waals surface area contributed by atoms with Crippen LogP contribution in [0.4, 0.5) is 5.69 Å². The SMILES string of the molecule is COc1cc([N+](=O)[O-])c(OC)cc1CCNCc1ccc(C)cc1. The van der Waals surface area contributed by atoms with Crippen LogP contribution in [0.25, 0.3) is 0 Å². The van der Waals surface area contributed by atoms with Gasteiger partial charge in [-0.05, 0) is 37.1 Å². The van der Waals surface area contributed by atoms with Gasteiger partial charge in [0.1, 0.15) is 5.75 Å². The Morgan fingerprint density at radius 1 is 1.08 bits per heavy atom. The molecule has 0 saturated carbocycles. The Hall–Kier alpha value is -2.60. The molecule has 6 nitrogen and oxygen atoms in total. The number of nitro benzene ring substituents is 1. The third-order valence-corrected chi connectivity index (χ3v) is 3.80. The first-order valence-corrected chi connectivity index (χ1v) is 7.70. The van der Waals surface area contributed by atoms with Crippen LogP contribution in [0.3, 0.4) is 0 Å². The van der Waals surface area contributed by atoms with E-state index < -0.39 is 4.92 Å². The molecule has 0 spiro atoms. The molecule has 24 heavy (non-hydrogen) atoms. The highest BCUT2D eigenvalue weighted by Gasteiger charge is 2.19. The summed E-state index contributed by atoms with van der Waals surface area (Å²) in [4.78, 5) is 10.6. The number of hydrogen-bond acceptors (Lipinski definition) is 5. The fourth-order valence-corrected chi connectivity index (χ4v) is 2.44. The van der Waals surface area contributed by atoms with Gasteiger partial charge >= 0.3 is 5.69 Å². The molecular weight excluding hydrogens is 308 g/mol. The van der Waals surface area contributed by atoms with E-state index >= 15 is 0 Å². The van der Waals surface area contributed by atoms with Crippen LogP contribution in [0.2, 0.25) is 0 Å². The summed E-state index contributed by atoms with van der Waals surface area (Å²) in [6.07, 6.45) is 0.684. The summed E-state index contributed by atoms with van der Waals surface area (Å²) in [5, 5.41) is 14.4. The van der Waals surface area contributed by atoms with E-state index in [0.29, 0.717) is 12.2 Å². The maximum absolute atomic E-state index is 11.1. The van der Waals surface area contributed by atoms with Crippen molar-refractivity contribution in [3.63, 3.8) is 0 Å². The molecule has 2 aromatic rings. The van der Waals surface area contributed by atoms with Crippen LogP contribution >= 0.6 is 0 Å². The third-order valence-electron chi connectivity index (χ3n) is 3.80. The molecule has 2 rings (SSSR count). The maximum atomic E-state index is 11.1. The van der Waals surface area contributed by atoms with E-state index in [-0.39, 0.29) is 11.4 Å². The third kappa shape index (κ3) is 4.45. The lowest BCUT2D eigenvalue weighted by molar-refractivity contribution is -0.385. The van der Waals surface area contributed by atoms with Crippen LogP contribution in [0, 0.1) is 17.0 Å². The molecule has 0 bridgehead atoms. The van der Waals surface area contributed by atoms with Crippen molar-refractivity contribution in [1.82, 2.24) is 5.32 Å². The Balaban J connectivity index is 2.00. The van der Waals surface area contributed by atoms with Crippen molar-refractivity contribution >= 4 is 5.69 Å². The summed E-state index contributed by atoms with van der Waals surface area (Å²) in [6.45, 7) is 3.56. The average Bonchev–Trinajstić information content (AvgIpc) is 2.59. The van der Waals surface area contributed by atoms with Gasteiger partial charge in [-0.2, -0.15) is 0 Å². The zero-order valence-electron chi connectivity index (χ0n) is 14.2. The van der Waals surface area contributed by atoms with Crippen LogP contribution < -0.4 is 14.8 Å². The second-order valence-corrected chi connectivity index (χ2v) is 5.51. The normalized spacial score (nSPS) is 10.5. The zero-order valence-corrected chi connectivity index (χ0v) is 14.2. The molecule has 128 valence electrons. The second-order valence-electron chi connectivity index (χ2n) is 5.51. The first-order chi connectivity index (χ1) is 11.5. The number of nitro groups is 1. The minimum absolute atomic E-state index is 0.0919. The fourth-order valence-electron chi connectivity index (χ4n) is 2.44. The number of benzene rings is 2. The molecule has 1 N–H and O–H groups in total. The van der Waals surface area contributed by atoms with Gasteiger partial charge in [0.15, 0.2) is 5.75 Å². The summed E-state index contributed by atoms with van der Waals surface area (Å²) < 4.78 is 10.4. The standard InChI is InChI=1S/C18H22N2O4/c1-13-4-6-14(7-5-13)12-19-9-8-15-10-18(24-3)16(20(21)22)11-17(15)23-2/h4-7,10-11,19H,8-9,12H2,1-3H3. The van der Waals surface area contributed by atoms with Gasteiger partial charge in [0.05, 0.1) is 25.2 Å². The molecule has 0 heterocycles. The first kappa shape index (κ1) is 17.7. The van der Waals surface area contributed by atoms with E-state index in [2.05, 4.69) is 36.5 Å². The van der Waals surface area contributed by atoms with Crippen molar-refractivity contribution in [2.75, 3.05) is 20.8 Å². The van der Waals surface area contributed by atoms with E-state index in [1.54, 1.807) is 6.07 Å². The van der Waals surface area contributed by atoms with Crippen LogP contribution in [-0.4, -0.2) is 25.7 Å². The molecule has 0 unspecified atom stereocenters. The van der Waals surface area contributed by atoms with Gasteiger partial charge in [0.2, 0.25) is 0 Å². The van der Waals surface area contributed by atoms with Crippen LogP contribution in [0.15, 0.2) is 36.4 Å². The summed E-state index contributed by atoms with van der Waals surface area (Å²) in [6, 6.07) is 11.4. The van der Waals surface area contributed by atoms with Crippen molar-refractivity contribution in [3.05, 3.63) is 63.2 Å². The highest BCUT2D eigenvalue weighted by molar-refractivity contribution is 5.55. The molecular formula is C18H22N2O4. The molecule has 0 aliphatic carbocycles. The number of aryl methyl sites for hydroxylation is 1. The molecule has 0 radical (unpaired) electrons.